The Labute approximate surface area is 117 Å². The van der Waals surface area contributed by atoms with E-state index in [0.29, 0.717) is 12.4 Å². The van der Waals surface area contributed by atoms with Gasteiger partial charge in [-0.1, -0.05) is 0 Å². The van der Waals surface area contributed by atoms with Gasteiger partial charge < -0.3 is 16.4 Å². The lowest BCUT2D eigenvalue weighted by atomic mass is 9.90. The van der Waals surface area contributed by atoms with Crippen LogP contribution in [0.5, 0.6) is 0 Å². The molecule has 0 aliphatic carbocycles. The maximum Gasteiger partial charge on any atom is 0.245 e. The summed E-state index contributed by atoms with van der Waals surface area (Å²) in [7, 11) is 0. The second kappa shape index (κ2) is 6.04. The zero-order chi connectivity index (χ0) is 14.6. The van der Waals surface area contributed by atoms with Crippen molar-refractivity contribution in [2.75, 3.05) is 11.9 Å². The molecular formula is C13H21N5O2. The molecule has 1 saturated heterocycles. The van der Waals surface area contributed by atoms with Gasteiger partial charge >= 0.3 is 0 Å². The van der Waals surface area contributed by atoms with E-state index in [-0.39, 0.29) is 18.2 Å². The van der Waals surface area contributed by atoms with Crippen LogP contribution in [0, 0.1) is 0 Å². The molecule has 1 aliphatic rings. The van der Waals surface area contributed by atoms with Crippen LogP contribution in [0.1, 0.15) is 32.6 Å². The van der Waals surface area contributed by atoms with Crippen molar-refractivity contribution in [3.05, 3.63) is 12.3 Å². The first-order valence-corrected chi connectivity index (χ1v) is 6.88. The van der Waals surface area contributed by atoms with E-state index in [1.165, 1.54) is 0 Å². The van der Waals surface area contributed by atoms with Gasteiger partial charge in [-0.05, 0) is 32.7 Å². The van der Waals surface area contributed by atoms with Crippen LogP contribution in [0.4, 0.5) is 5.82 Å². The summed E-state index contributed by atoms with van der Waals surface area (Å²) >= 11 is 0. The van der Waals surface area contributed by atoms with E-state index in [2.05, 4.69) is 15.7 Å². The first kappa shape index (κ1) is 14.5. The van der Waals surface area contributed by atoms with Crippen LogP contribution >= 0.6 is 0 Å². The SMILES string of the molecule is CC1(C(=O)Nc2ccn(CCC(N)=O)n2)CCCCN1. The molecule has 20 heavy (non-hydrogen) atoms. The Morgan fingerprint density at radius 1 is 1.55 bits per heavy atom. The molecule has 1 unspecified atom stereocenters. The van der Waals surface area contributed by atoms with Crippen molar-refractivity contribution >= 4 is 17.6 Å². The van der Waals surface area contributed by atoms with Gasteiger partial charge in [-0.25, -0.2) is 0 Å². The Morgan fingerprint density at radius 3 is 3.00 bits per heavy atom. The summed E-state index contributed by atoms with van der Waals surface area (Å²) in [6, 6.07) is 1.71. The molecule has 1 aromatic heterocycles. The van der Waals surface area contributed by atoms with Crippen LogP contribution in [0.3, 0.4) is 0 Å². The fourth-order valence-electron chi connectivity index (χ4n) is 2.28. The number of aryl methyl sites for hydroxylation is 1. The fraction of sp³-hybridized carbons (Fsp3) is 0.615. The number of hydrogen-bond donors (Lipinski definition) is 3. The first-order valence-electron chi connectivity index (χ1n) is 6.88. The average molecular weight is 279 g/mol. The topological polar surface area (TPSA) is 102 Å². The number of rotatable bonds is 5. The zero-order valence-electron chi connectivity index (χ0n) is 11.7. The lowest BCUT2D eigenvalue weighted by Gasteiger charge is -2.33. The molecule has 2 heterocycles. The minimum atomic E-state index is -0.532. The molecule has 0 saturated carbocycles. The first-order chi connectivity index (χ1) is 9.49. The molecule has 1 fully saturated rings. The van der Waals surface area contributed by atoms with E-state index >= 15 is 0 Å². The number of piperidine rings is 1. The Morgan fingerprint density at radius 2 is 2.35 bits per heavy atom. The summed E-state index contributed by atoms with van der Waals surface area (Å²) in [6.45, 7) is 3.18. The number of primary amides is 1. The minimum absolute atomic E-state index is 0.0719. The highest BCUT2D eigenvalue weighted by atomic mass is 16.2. The van der Waals surface area contributed by atoms with E-state index in [4.69, 9.17) is 5.73 Å². The van der Waals surface area contributed by atoms with E-state index in [9.17, 15) is 9.59 Å². The minimum Gasteiger partial charge on any atom is -0.370 e. The van der Waals surface area contributed by atoms with E-state index < -0.39 is 5.54 Å². The van der Waals surface area contributed by atoms with Gasteiger partial charge in [0.15, 0.2) is 5.82 Å². The Bertz CT molecular complexity index is 491. The number of nitrogens with one attached hydrogen (secondary N) is 2. The number of nitrogens with zero attached hydrogens (tertiary/aromatic N) is 2. The standard InChI is InChI=1S/C13H21N5O2/c1-13(6-2-3-7-15-13)12(20)16-11-5-9-18(17-11)8-4-10(14)19/h5,9,15H,2-4,6-8H2,1H3,(H2,14,19)(H,16,17,20). The third-order valence-electron chi connectivity index (χ3n) is 3.59. The summed E-state index contributed by atoms with van der Waals surface area (Å²) in [4.78, 5) is 23.0. The van der Waals surface area contributed by atoms with Crippen LogP contribution in [0.15, 0.2) is 12.3 Å². The normalized spacial score (nSPS) is 22.4. The number of amides is 2. The number of aromatic nitrogens is 2. The molecule has 7 heteroatoms. The van der Waals surface area contributed by atoms with Gasteiger partial charge in [-0.2, -0.15) is 5.10 Å². The molecule has 4 N–H and O–H groups in total. The van der Waals surface area contributed by atoms with Gasteiger partial charge in [-0.3, -0.25) is 14.3 Å². The van der Waals surface area contributed by atoms with Crippen molar-refractivity contribution < 1.29 is 9.59 Å². The van der Waals surface area contributed by atoms with Gasteiger partial charge in [0.05, 0.1) is 5.54 Å². The smallest absolute Gasteiger partial charge is 0.245 e. The van der Waals surface area contributed by atoms with E-state index in [1.54, 1.807) is 16.9 Å². The van der Waals surface area contributed by atoms with Crippen molar-refractivity contribution in [3.63, 3.8) is 0 Å². The fourth-order valence-corrected chi connectivity index (χ4v) is 2.28. The second-order valence-electron chi connectivity index (χ2n) is 5.35. The highest BCUT2D eigenvalue weighted by Gasteiger charge is 2.34. The average Bonchev–Trinajstić information content (AvgIpc) is 2.85. The van der Waals surface area contributed by atoms with Crippen LogP contribution in [0.2, 0.25) is 0 Å². The quantitative estimate of drug-likeness (QED) is 0.718. The highest BCUT2D eigenvalue weighted by Crippen LogP contribution is 2.20. The molecule has 7 nitrogen and oxygen atoms in total. The molecule has 1 aromatic rings. The van der Waals surface area contributed by atoms with Gasteiger partial charge in [0, 0.05) is 25.2 Å². The van der Waals surface area contributed by atoms with Crippen LogP contribution < -0.4 is 16.4 Å². The summed E-state index contributed by atoms with van der Waals surface area (Å²) in [5.74, 6) is 0.0513. The molecule has 110 valence electrons. The number of anilines is 1. The summed E-state index contributed by atoms with van der Waals surface area (Å²) in [5, 5.41) is 10.3. The largest absolute Gasteiger partial charge is 0.370 e. The molecule has 0 radical (unpaired) electrons. The molecule has 2 amide bonds. The number of carbonyl (C=O) groups excluding carboxylic acids is 2. The molecule has 1 aliphatic heterocycles. The van der Waals surface area contributed by atoms with Crippen molar-refractivity contribution in [1.29, 1.82) is 0 Å². The van der Waals surface area contributed by atoms with Gasteiger partial charge in [0.1, 0.15) is 0 Å². The van der Waals surface area contributed by atoms with Gasteiger partial charge in [0.2, 0.25) is 11.8 Å². The second-order valence-corrected chi connectivity index (χ2v) is 5.35. The Balaban J connectivity index is 1.92. The lowest BCUT2D eigenvalue weighted by Crippen LogP contribution is -2.54. The van der Waals surface area contributed by atoms with Gasteiger partial charge in [-0.15, -0.1) is 0 Å². The monoisotopic (exact) mass is 279 g/mol. The maximum atomic E-state index is 12.3. The molecule has 0 aromatic carbocycles. The lowest BCUT2D eigenvalue weighted by molar-refractivity contribution is -0.122. The predicted octanol–water partition coefficient (Wildman–Crippen LogP) is 0.229. The summed E-state index contributed by atoms with van der Waals surface area (Å²) < 4.78 is 1.59. The Kier molecular flexibility index (Phi) is 4.39. The summed E-state index contributed by atoms with van der Waals surface area (Å²) in [5.41, 5.74) is 4.55. The third-order valence-corrected chi connectivity index (χ3v) is 3.59. The maximum absolute atomic E-state index is 12.3. The van der Waals surface area contributed by atoms with Crippen molar-refractivity contribution in [1.82, 2.24) is 15.1 Å². The number of carbonyl (C=O) groups is 2. The zero-order valence-corrected chi connectivity index (χ0v) is 11.7. The highest BCUT2D eigenvalue weighted by molar-refractivity contribution is 5.97. The van der Waals surface area contributed by atoms with Crippen molar-refractivity contribution in [3.8, 4) is 0 Å². The molecular weight excluding hydrogens is 258 g/mol. The third kappa shape index (κ3) is 3.57. The van der Waals surface area contributed by atoms with Crippen LogP contribution in [-0.2, 0) is 16.1 Å². The predicted molar refractivity (Wildman–Crippen MR) is 74.9 cm³/mol. The van der Waals surface area contributed by atoms with Gasteiger partial charge in [0.25, 0.3) is 0 Å². The molecule has 0 bridgehead atoms. The van der Waals surface area contributed by atoms with E-state index in [0.717, 1.165) is 25.8 Å². The molecule has 2 rings (SSSR count). The molecule has 1 atom stereocenters. The van der Waals surface area contributed by atoms with E-state index in [1.807, 2.05) is 6.92 Å². The Hall–Kier alpha value is -1.89. The number of hydrogen-bond acceptors (Lipinski definition) is 4. The van der Waals surface area contributed by atoms with Crippen molar-refractivity contribution in [2.24, 2.45) is 5.73 Å². The number of nitrogens with two attached hydrogens (primary N) is 1. The summed E-state index contributed by atoms with van der Waals surface area (Å²) in [6.07, 6.45) is 4.92. The van der Waals surface area contributed by atoms with Crippen LogP contribution in [-0.4, -0.2) is 33.7 Å². The van der Waals surface area contributed by atoms with Crippen molar-refractivity contribution in [2.45, 2.75) is 44.7 Å². The molecule has 0 spiro atoms. The van der Waals surface area contributed by atoms with Crippen LogP contribution in [0.25, 0.3) is 0 Å².